The molecule has 1 N–H and O–H groups in total. The topological polar surface area (TPSA) is 75.7 Å². The maximum atomic E-state index is 14.3. The second-order valence-electron chi connectivity index (χ2n) is 8.32. The molecule has 0 aliphatic carbocycles. The van der Waals surface area contributed by atoms with Crippen LogP contribution in [0.1, 0.15) is 16.7 Å². The summed E-state index contributed by atoms with van der Waals surface area (Å²) in [5.41, 5.74) is 2.02. The van der Waals surface area contributed by atoms with Crippen molar-refractivity contribution in [3.63, 3.8) is 0 Å². The summed E-state index contributed by atoms with van der Waals surface area (Å²) >= 11 is 0. The molecule has 4 aromatic carbocycles. The highest BCUT2D eigenvalue weighted by Crippen LogP contribution is 2.29. The van der Waals surface area contributed by atoms with E-state index in [0.717, 1.165) is 28.0 Å². The van der Waals surface area contributed by atoms with Gasteiger partial charge in [0, 0.05) is 11.1 Å². The number of barbiturate groups is 1. The molecule has 0 aromatic heterocycles. The standard InChI is InChI=1S/C29H21FN2O4/c1-18-14-15-19-8-2-4-10-21(19)23(18)17-36-26-13-7-3-9-20(26)16-22-27(33)31-29(35)32(28(22)34)25-12-6-5-11-24(25)30/h2-16H,17H2,1H3,(H,31,33,35)/b22-16-. The molecule has 6 nitrogen and oxygen atoms in total. The first-order valence-corrected chi connectivity index (χ1v) is 11.3. The molecular formula is C29H21FN2O4. The number of para-hydroxylation sites is 2. The minimum Gasteiger partial charge on any atom is -0.488 e. The Balaban J connectivity index is 1.48. The lowest BCUT2D eigenvalue weighted by molar-refractivity contribution is -0.122. The van der Waals surface area contributed by atoms with Gasteiger partial charge in [0.15, 0.2) is 0 Å². The summed E-state index contributed by atoms with van der Waals surface area (Å²) < 4.78 is 20.5. The molecule has 0 atom stereocenters. The van der Waals surface area contributed by atoms with Crippen LogP contribution in [0.15, 0.2) is 90.5 Å². The summed E-state index contributed by atoms with van der Waals surface area (Å²) in [5.74, 6) is -2.10. The van der Waals surface area contributed by atoms with E-state index in [4.69, 9.17) is 4.74 Å². The zero-order valence-electron chi connectivity index (χ0n) is 19.3. The number of hydrogen-bond donors (Lipinski definition) is 1. The van der Waals surface area contributed by atoms with Gasteiger partial charge in [0.05, 0.1) is 5.69 Å². The van der Waals surface area contributed by atoms with Gasteiger partial charge in [-0.05, 0) is 47.5 Å². The van der Waals surface area contributed by atoms with Crippen LogP contribution in [0.3, 0.4) is 0 Å². The largest absolute Gasteiger partial charge is 0.488 e. The summed E-state index contributed by atoms with van der Waals surface area (Å²) in [7, 11) is 0. The SMILES string of the molecule is Cc1ccc2ccccc2c1COc1ccccc1/C=C1/C(=O)NC(=O)N(c2ccccc2F)C1=O. The van der Waals surface area contributed by atoms with Crippen LogP contribution in [0, 0.1) is 12.7 Å². The molecule has 0 spiro atoms. The number of anilines is 1. The number of carbonyl (C=O) groups excluding carboxylic acids is 3. The predicted octanol–water partition coefficient (Wildman–Crippen LogP) is 5.53. The number of nitrogens with one attached hydrogen (secondary N) is 1. The van der Waals surface area contributed by atoms with E-state index in [9.17, 15) is 18.8 Å². The highest BCUT2D eigenvalue weighted by molar-refractivity contribution is 6.39. The van der Waals surface area contributed by atoms with Gasteiger partial charge >= 0.3 is 6.03 Å². The first-order chi connectivity index (χ1) is 17.4. The molecule has 1 aliphatic rings. The second-order valence-corrected chi connectivity index (χ2v) is 8.32. The Morgan fingerprint density at radius 3 is 2.44 bits per heavy atom. The smallest absolute Gasteiger partial charge is 0.336 e. The van der Waals surface area contributed by atoms with Crippen LogP contribution in [-0.2, 0) is 16.2 Å². The molecule has 1 aliphatic heterocycles. The van der Waals surface area contributed by atoms with Gasteiger partial charge in [-0.2, -0.15) is 0 Å². The lowest BCUT2D eigenvalue weighted by Crippen LogP contribution is -2.54. The number of rotatable bonds is 5. The van der Waals surface area contributed by atoms with Gasteiger partial charge in [0.1, 0.15) is 23.7 Å². The molecule has 1 saturated heterocycles. The van der Waals surface area contributed by atoms with Gasteiger partial charge in [0.25, 0.3) is 11.8 Å². The number of benzene rings is 4. The van der Waals surface area contributed by atoms with Gasteiger partial charge in [0.2, 0.25) is 0 Å². The average molecular weight is 480 g/mol. The number of imide groups is 2. The zero-order chi connectivity index (χ0) is 25.2. The van der Waals surface area contributed by atoms with E-state index >= 15 is 0 Å². The Morgan fingerprint density at radius 2 is 1.61 bits per heavy atom. The van der Waals surface area contributed by atoms with Gasteiger partial charge in [-0.15, -0.1) is 0 Å². The number of urea groups is 1. The minimum atomic E-state index is -1.01. The van der Waals surface area contributed by atoms with Crippen molar-refractivity contribution >= 4 is 40.4 Å². The van der Waals surface area contributed by atoms with Crippen molar-refractivity contribution in [1.82, 2.24) is 5.32 Å². The lowest BCUT2D eigenvalue weighted by atomic mass is 10.0. The van der Waals surface area contributed by atoms with Crippen molar-refractivity contribution in [2.24, 2.45) is 0 Å². The molecule has 178 valence electrons. The van der Waals surface area contributed by atoms with E-state index in [1.54, 1.807) is 24.3 Å². The van der Waals surface area contributed by atoms with E-state index in [-0.39, 0.29) is 17.9 Å². The Hall–Kier alpha value is -4.78. The number of carbonyl (C=O) groups is 3. The maximum Gasteiger partial charge on any atom is 0.336 e. The van der Waals surface area contributed by atoms with Gasteiger partial charge in [-0.1, -0.05) is 66.7 Å². The highest BCUT2D eigenvalue weighted by atomic mass is 19.1. The summed E-state index contributed by atoms with van der Waals surface area (Å²) in [6.45, 7) is 2.28. The lowest BCUT2D eigenvalue weighted by Gasteiger charge is -2.26. The number of ether oxygens (including phenoxy) is 1. The van der Waals surface area contributed by atoms with Gasteiger partial charge < -0.3 is 4.74 Å². The Morgan fingerprint density at radius 1 is 0.889 bits per heavy atom. The molecule has 0 unspecified atom stereocenters. The van der Waals surface area contributed by atoms with Crippen LogP contribution in [0.5, 0.6) is 5.75 Å². The molecule has 0 bridgehead atoms. The molecule has 0 saturated carbocycles. The van der Waals surface area contributed by atoms with Crippen molar-refractivity contribution < 1.29 is 23.5 Å². The number of hydrogen-bond acceptors (Lipinski definition) is 4. The van der Waals surface area contributed by atoms with Crippen LogP contribution in [0.4, 0.5) is 14.9 Å². The molecule has 4 aromatic rings. The Kier molecular flexibility index (Phi) is 6.04. The minimum absolute atomic E-state index is 0.241. The van der Waals surface area contributed by atoms with E-state index in [1.165, 1.54) is 24.3 Å². The molecule has 7 heteroatoms. The molecule has 4 amide bonds. The molecule has 36 heavy (non-hydrogen) atoms. The third-order valence-corrected chi connectivity index (χ3v) is 6.06. The van der Waals surface area contributed by atoms with Crippen LogP contribution < -0.4 is 15.0 Å². The Bertz CT molecular complexity index is 1560. The number of aryl methyl sites for hydroxylation is 1. The van der Waals surface area contributed by atoms with Crippen molar-refractivity contribution in [3.05, 3.63) is 113 Å². The van der Waals surface area contributed by atoms with Crippen LogP contribution >= 0.6 is 0 Å². The summed E-state index contributed by atoms with van der Waals surface area (Å²) in [6, 6.07) is 23.4. The number of halogens is 1. The van der Waals surface area contributed by atoms with Crippen LogP contribution in [-0.4, -0.2) is 17.8 Å². The third kappa shape index (κ3) is 4.22. The fourth-order valence-corrected chi connectivity index (χ4v) is 4.18. The Labute approximate surface area is 206 Å². The van der Waals surface area contributed by atoms with Crippen molar-refractivity contribution in [2.75, 3.05) is 4.90 Å². The van der Waals surface area contributed by atoms with E-state index in [2.05, 4.69) is 11.4 Å². The quantitative estimate of drug-likeness (QED) is 0.301. The van der Waals surface area contributed by atoms with Crippen molar-refractivity contribution in [1.29, 1.82) is 0 Å². The number of nitrogens with zero attached hydrogens (tertiary/aromatic N) is 1. The van der Waals surface area contributed by atoms with E-state index in [0.29, 0.717) is 16.2 Å². The van der Waals surface area contributed by atoms with Crippen molar-refractivity contribution in [2.45, 2.75) is 13.5 Å². The first-order valence-electron chi connectivity index (χ1n) is 11.3. The molecule has 1 heterocycles. The fraction of sp³-hybridized carbons (Fsp3) is 0.0690. The zero-order valence-corrected chi connectivity index (χ0v) is 19.3. The maximum absolute atomic E-state index is 14.3. The summed E-state index contributed by atoms with van der Waals surface area (Å²) in [6.07, 6.45) is 1.35. The molecule has 1 fully saturated rings. The summed E-state index contributed by atoms with van der Waals surface area (Å²) in [4.78, 5) is 38.7. The summed E-state index contributed by atoms with van der Waals surface area (Å²) in [5, 5.41) is 4.29. The van der Waals surface area contributed by atoms with Crippen molar-refractivity contribution in [3.8, 4) is 5.75 Å². The van der Waals surface area contributed by atoms with Gasteiger partial charge in [-0.25, -0.2) is 14.1 Å². The first kappa shape index (κ1) is 23.0. The van der Waals surface area contributed by atoms with Crippen LogP contribution in [0.2, 0.25) is 0 Å². The number of fused-ring (bicyclic) bond motifs is 1. The van der Waals surface area contributed by atoms with E-state index in [1.807, 2.05) is 37.3 Å². The van der Waals surface area contributed by atoms with E-state index < -0.39 is 23.7 Å². The fourth-order valence-electron chi connectivity index (χ4n) is 4.18. The second kappa shape index (κ2) is 9.46. The molecule has 5 rings (SSSR count). The molecule has 0 radical (unpaired) electrons. The van der Waals surface area contributed by atoms with Crippen LogP contribution in [0.25, 0.3) is 16.8 Å². The van der Waals surface area contributed by atoms with Gasteiger partial charge in [-0.3, -0.25) is 14.9 Å². The predicted molar refractivity (Wildman–Crippen MR) is 135 cm³/mol. The number of amides is 4. The third-order valence-electron chi connectivity index (χ3n) is 6.06. The monoisotopic (exact) mass is 480 g/mol. The highest BCUT2D eigenvalue weighted by Gasteiger charge is 2.38. The normalized spacial score (nSPS) is 14.9. The molecular weight excluding hydrogens is 459 g/mol. The average Bonchev–Trinajstić information content (AvgIpc) is 2.87.